The van der Waals surface area contributed by atoms with Gasteiger partial charge in [0.2, 0.25) is 5.91 Å². The summed E-state index contributed by atoms with van der Waals surface area (Å²) < 4.78 is 5.75. The van der Waals surface area contributed by atoms with Crippen LogP contribution in [0.2, 0.25) is 0 Å². The topological polar surface area (TPSA) is 74.1 Å². The number of carbonyl (C=O) groups is 1. The van der Waals surface area contributed by atoms with E-state index in [1.807, 2.05) is 18.2 Å². The van der Waals surface area contributed by atoms with Gasteiger partial charge in [0, 0.05) is 18.3 Å². The lowest BCUT2D eigenvalue weighted by molar-refractivity contribution is -0.119. The van der Waals surface area contributed by atoms with Gasteiger partial charge in [0.1, 0.15) is 11.5 Å². The Labute approximate surface area is 134 Å². The van der Waals surface area contributed by atoms with E-state index in [4.69, 9.17) is 10.00 Å². The second kappa shape index (κ2) is 6.95. The van der Waals surface area contributed by atoms with Crippen molar-refractivity contribution in [1.82, 2.24) is 5.32 Å². The van der Waals surface area contributed by atoms with E-state index in [0.717, 1.165) is 19.5 Å². The van der Waals surface area contributed by atoms with Gasteiger partial charge in [-0.2, -0.15) is 5.26 Å². The molecule has 116 valence electrons. The smallest absolute Gasteiger partial charge is 0.228 e. The van der Waals surface area contributed by atoms with Crippen LogP contribution >= 0.6 is 0 Å². The monoisotopic (exact) mass is 307 g/mol. The molecule has 0 radical (unpaired) electrons. The highest BCUT2D eigenvalue weighted by Crippen LogP contribution is 2.25. The first-order chi connectivity index (χ1) is 11.2. The van der Waals surface area contributed by atoms with Gasteiger partial charge in [-0.25, -0.2) is 0 Å². The van der Waals surface area contributed by atoms with Crippen molar-refractivity contribution in [3.05, 3.63) is 54.1 Å². The zero-order valence-corrected chi connectivity index (χ0v) is 12.6. The highest BCUT2D eigenvalue weighted by Gasteiger charge is 2.22. The Morgan fingerprint density at radius 2 is 2.04 bits per heavy atom. The molecule has 2 N–H and O–H groups in total. The van der Waals surface area contributed by atoms with Crippen LogP contribution in [0.25, 0.3) is 0 Å². The molecule has 2 aromatic rings. The molecule has 1 atom stereocenters. The van der Waals surface area contributed by atoms with E-state index in [9.17, 15) is 4.79 Å². The van der Waals surface area contributed by atoms with Crippen molar-refractivity contribution in [3.8, 4) is 17.6 Å². The molecule has 1 fully saturated rings. The van der Waals surface area contributed by atoms with E-state index in [1.165, 1.54) is 0 Å². The Balaban J connectivity index is 1.66. The molecular formula is C18H17N3O2. The van der Waals surface area contributed by atoms with Crippen LogP contribution in [0.15, 0.2) is 48.5 Å². The van der Waals surface area contributed by atoms with E-state index in [-0.39, 0.29) is 11.8 Å². The SMILES string of the molecule is N#Cc1ccc(Oc2cccc(NC(=O)C3CCNC3)c2)cc1. The van der Waals surface area contributed by atoms with E-state index < -0.39 is 0 Å². The van der Waals surface area contributed by atoms with Gasteiger partial charge in [-0.3, -0.25) is 4.79 Å². The number of ether oxygens (including phenoxy) is 1. The normalized spacial score (nSPS) is 16.6. The molecule has 1 saturated heterocycles. The molecule has 3 rings (SSSR count). The van der Waals surface area contributed by atoms with Crippen LogP contribution in [0.1, 0.15) is 12.0 Å². The lowest BCUT2D eigenvalue weighted by Gasteiger charge is -2.11. The number of hydrogen-bond donors (Lipinski definition) is 2. The summed E-state index contributed by atoms with van der Waals surface area (Å²) in [4.78, 5) is 12.1. The predicted molar refractivity (Wildman–Crippen MR) is 87.3 cm³/mol. The van der Waals surface area contributed by atoms with Gasteiger partial charge < -0.3 is 15.4 Å². The molecule has 1 amide bonds. The first-order valence-corrected chi connectivity index (χ1v) is 7.54. The average molecular weight is 307 g/mol. The van der Waals surface area contributed by atoms with Crippen molar-refractivity contribution in [1.29, 1.82) is 5.26 Å². The summed E-state index contributed by atoms with van der Waals surface area (Å²) in [6.45, 7) is 1.62. The number of nitrogens with one attached hydrogen (secondary N) is 2. The first-order valence-electron chi connectivity index (χ1n) is 7.54. The summed E-state index contributed by atoms with van der Waals surface area (Å²) in [6.07, 6.45) is 0.868. The fourth-order valence-electron chi connectivity index (χ4n) is 2.49. The molecule has 23 heavy (non-hydrogen) atoms. The number of benzene rings is 2. The Morgan fingerprint density at radius 1 is 1.22 bits per heavy atom. The number of anilines is 1. The van der Waals surface area contributed by atoms with E-state index in [1.54, 1.807) is 30.3 Å². The third-order valence-electron chi connectivity index (χ3n) is 3.75. The van der Waals surface area contributed by atoms with Gasteiger partial charge in [0.15, 0.2) is 0 Å². The van der Waals surface area contributed by atoms with Gasteiger partial charge >= 0.3 is 0 Å². The Hall–Kier alpha value is -2.84. The van der Waals surface area contributed by atoms with E-state index in [2.05, 4.69) is 16.7 Å². The summed E-state index contributed by atoms with van der Waals surface area (Å²) in [7, 11) is 0. The summed E-state index contributed by atoms with van der Waals surface area (Å²) in [5.74, 6) is 1.34. The molecule has 5 nitrogen and oxygen atoms in total. The Morgan fingerprint density at radius 3 is 2.74 bits per heavy atom. The molecule has 5 heteroatoms. The van der Waals surface area contributed by atoms with Gasteiger partial charge in [0.25, 0.3) is 0 Å². The van der Waals surface area contributed by atoms with Gasteiger partial charge in [-0.15, -0.1) is 0 Å². The van der Waals surface area contributed by atoms with Crippen molar-refractivity contribution in [3.63, 3.8) is 0 Å². The second-order valence-electron chi connectivity index (χ2n) is 5.45. The standard InChI is InChI=1S/C18H17N3O2/c19-11-13-4-6-16(7-5-13)23-17-3-1-2-15(10-17)21-18(22)14-8-9-20-12-14/h1-7,10,14,20H,8-9,12H2,(H,21,22). The van der Waals surface area contributed by atoms with Crippen LogP contribution in [0.4, 0.5) is 5.69 Å². The number of nitrogens with zero attached hydrogens (tertiary/aromatic N) is 1. The molecule has 1 unspecified atom stereocenters. The van der Waals surface area contributed by atoms with Crippen molar-refractivity contribution in [2.45, 2.75) is 6.42 Å². The number of hydrogen-bond acceptors (Lipinski definition) is 4. The number of rotatable bonds is 4. The number of nitriles is 1. The molecule has 1 heterocycles. The second-order valence-corrected chi connectivity index (χ2v) is 5.45. The zero-order valence-electron chi connectivity index (χ0n) is 12.6. The van der Waals surface area contributed by atoms with Gasteiger partial charge in [-0.1, -0.05) is 6.07 Å². The van der Waals surface area contributed by atoms with Crippen LogP contribution in [-0.2, 0) is 4.79 Å². The third-order valence-corrected chi connectivity index (χ3v) is 3.75. The molecule has 0 bridgehead atoms. The molecule has 0 saturated carbocycles. The fourth-order valence-corrected chi connectivity index (χ4v) is 2.49. The van der Waals surface area contributed by atoms with Crippen molar-refractivity contribution >= 4 is 11.6 Å². The number of amides is 1. The minimum absolute atomic E-state index is 0.0260. The van der Waals surface area contributed by atoms with E-state index >= 15 is 0 Å². The molecule has 2 aromatic carbocycles. The Kier molecular flexibility index (Phi) is 4.55. The largest absolute Gasteiger partial charge is 0.457 e. The quantitative estimate of drug-likeness (QED) is 0.911. The van der Waals surface area contributed by atoms with Crippen LogP contribution in [-0.4, -0.2) is 19.0 Å². The minimum Gasteiger partial charge on any atom is -0.457 e. The van der Waals surface area contributed by atoms with Crippen LogP contribution in [0.5, 0.6) is 11.5 Å². The summed E-state index contributed by atoms with van der Waals surface area (Å²) >= 11 is 0. The molecule has 0 spiro atoms. The molecule has 0 aliphatic carbocycles. The van der Waals surface area contributed by atoms with Crippen LogP contribution in [0, 0.1) is 17.2 Å². The lowest BCUT2D eigenvalue weighted by atomic mass is 10.1. The minimum atomic E-state index is 0.0260. The molecular weight excluding hydrogens is 290 g/mol. The van der Waals surface area contributed by atoms with Crippen molar-refractivity contribution in [2.75, 3.05) is 18.4 Å². The van der Waals surface area contributed by atoms with Crippen molar-refractivity contribution < 1.29 is 9.53 Å². The van der Waals surface area contributed by atoms with Gasteiger partial charge in [0.05, 0.1) is 17.6 Å². The zero-order chi connectivity index (χ0) is 16.1. The maximum atomic E-state index is 12.1. The maximum Gasteiger partial charge on any atom is 0.228 e. The number of carbonyl (C=O) groups excluding carboxylic acids is 1. The highest BCUT2D eigenvalue weighted by molar-refractivity contribution is 5.93. The summed E-state index contributed by atoms with van der Waals surface area (Å²) in [6, 6.07) is 16.2. The average Bonchev–Trinajstić information content (AvgIpc) is 3.10. The third kappa shape index (κ3) is 3.87. The first kappa shape index (κ1) is 15.1. The molecule has 1 aliphatic heterocycles. The van der Waals surface area contributed by atoms with Crippen LogP contribution < -0.4 is 15.4 Å². The fraction of sp³-hybridized carbons (Fsp3) is 0.222. The molecule has 0 aromatic heterocycles. The van der Waals surface area contributed by atoms with Crippen LogP contribution in [0.3, 0.4) is 0 Å². The van der Waals surface area contributed by atoms with E-state index in [0.29, 0.717) is 22.7 Å². The Bertz CT molecular complexity index is 729. The summed E-state index contributed by atoms with van der Waals surface area (Å²) in [5.41, 5.74) is 1.30. The maximum absolute atomic E-state index is 12.1. The summed E-state index contributed by atoms with van der Waals surface area (Å²) in [5, 5.41) is 14.9. The van der Waals surface area contributed by atoms with Gasteiger partial charge in [-0.05, 0) is 49.4 Å². The molecule has 1 aliphatic rings. The predicted octanol–water partition coefficient (Wildman–Crippen LogP) is 2.90. The lowest BCUT2D eigenvalue weighted by Crippen LogP contribution is -2.24. The highest BCUT2D eigenvalue weighted by atomic mass is 16.5. The van der Waals surface area contributed by atoms with Crippen molar-refractivity contribution in [2.24, 2.45) is 5.92 Å².